The van der Waals surface area contributed by atoms with Crippen molar-refractivity contribution in [3.05, 3.63) is 47.7 Å². The van der Waals surface area contributed by atoms with E-state index in [1.807, 2.05) is 0 Å². The average Bonchev–Trinajstić information content (AvgIpc) is 2.70. The number of halogens is 2. The number of carbonyl (C=O) groups excluding carboxylic acids is 1. The third-order valence-electron chi connectivity index (χ3n) is 4.53. The normalized spacial score (nSPS) is 13.9. The van der Waals surface area contributed by atoms with E-state index in [1.165, 1.54) is 13.3 Å². The number of rotatable bonds is 4. The topological polar surface area (TPSA) is 125 Å². The summed E-state index contributed by atoms with van der Waals surface area (Å²) in [5, 5.41) is 5.34. The van der Waals surface area contributed by atoms with Gasteiger partial charge >= 0.3 is 0 Å². The molecule has 0 fully saturated rings. The zero-order valence-corrected chi connectivity index (χ0v) is 16.2. The van der Waals surface area contributed by atoms with Gasteiger partial charge in [0.2, 0.25) is 15.9 Å². The number of anilines is 1. The first kappa shape index (κ1) is 19.9. The molecule has 2 aromatic heterocycles. The van der Waals surface area contributed by atoms with Gasteiger partial charge in [-0.25, -0.2) is 27.3 Å². The third-order valence-corrected chi connectivity index (χ3v) is 5.43. The predicted molar refractivity (Wildman–Crippen MR) is 101 cm³/mol. The Morgan fingerprint density at radius 1 is 1.27 bits per heavy atom. The zero-order chi connectivity index (χ0) is 21.6. The number of nitrogens with zero attached hydrogens (tertiary/aromatic N) is 3. The molecule has 1 aromatic carbocycles. The van der Waals surface area contributed by atoms with Crippen LogP contribution in [0, 0.1) is 11.6 Å². The molecule has 0 bridgehead atoms. The molecule has 0 saturated carbocycles. The maximum atomic E-state index is 14.5. The third kappa shape index (κ3) is 3.39. The summed E-state index contributed by atoms with van der Waals surface area (Å²) in [4.78, 5) is 21.3. The lowest BCUT2D eigenvalue weighted by Crippen LogP contribution is -2.39. The number of nitrogens with two attached hydrogens (primary N) is 1. The number of hydrogen-bond acceptors (Lipinski definition) is 7. The minimum atomic E-state index is -4.30. The second-order valence-corrected chi connectivity index (χ2v) is 7.94. The SMILES string of the molecule is COc1ccc2c3c(cnc2n1)OCC(=O)N3Cc1c(F)cc(S(N)(=O)=O)cc1F. The van der Waals surface area contributed by atoms with Crippen molar-refractivity contribution in [1.82, 2.24) is 9.97 Å². The Bertz CT molecular complexity index is 1280. The molecule has 3 heterocycles. The summed E-state index contributed by atoms with van der Waals surface area (Å²) < 4.78 is 62.3. The molecule has 2 N–H and O–H groups in total. The average molecular weight is 436 g/mol. The number of carbonyl (C=O) groups is 1. The van der Waals surface area contributed by atoms with Crippen LogP contribution in [0.15, 0.2) is 35.4 Å². The minimum absolute atomic E-state index is 0.232. The van der Waals surface area contributed by atoms with Crippen molar-refractivity contribution < 1.29 is 31.5 Å². The second-order valence-electron chi connectivity index (χ2n) is 6.37. The summed E-state index contributed by atoms with van der Waals surface area (Å²) in [6, 6.07) is 4.36. The van der Waals surface area contributed by atoms with Gasteiger partial charge < -0.3 is 14.4 Å². The summed E-state index contributed by atoms with van der Waals surface area (Å²) in [5.41, 5.74) is -0.0299. The van der Waals surface area contributed by atoms with Crippen LogP contribution in [0.5, 0.6) is 11.6 Å². The Hall–Kier alpha value is -3.38. The molecule has 0 saturated heterocycles. The summed E-state index contributed by atoms with van der Waals surface area (Å²) in [7, 11) is -2.87. The molecule has 0 radical (unpaired) electrons. The highest BCUT2D eigenvalue weighted by atomic mass is 32.2. The second kappa shape index (κ2) is 7.15. The van der Waals surface area contributed by atoms with Gasteiger partial charge in [-0.2, -0.15) is 4.98 Å². The first-order valence-corrected chi connectivity index (χ1v) is 10.0. The quantitative estimate of drug-likeness (QED) is 0.657. The summed E-state index contributed by atoms with van der Waals surface area (Å²) in [6.07, 6.45) is 1.35. The van der Waals surface area contributed by atoms with Gasteiger partial charge in [0.15, 0.2) is 18.0 Å². The number of aromatic nitrogens is 2. The maximum Gasteiger partial charge on any atom is 0.265 e. The molecule has 30 heavy (non-hydrogen) atoms. The molecular formula is C18H14F2N4O5S. The molecule has 12 heteroatoms. The predicted octanol–water partition coefficient (Wildman–Crippen LogP) is 1.49. The van der Waals surface area contributed by atoms with Gasteiger partial charge in [0, 0.05) is 17.0 Å². The molecule has 9 nitrogen and oxygen atoms in total. The van der Waals surface area contributed by atoms with Crippen molar-refractivity contribution in [3.63, 3.8) is 0 Å². The number of pyridine rings is 2. The molecule has 0 spiro atoms. The number of methoxy groups -OCH3 is 1. The van der Waals surface area contributed by atoms with E-state index in [0.717, 1.165) is 4.90 Å². The molecular weight excluding hydrogens is 422 g/mol. The molecule has 1 amide bonds. The van der Waals surface area contributed by atoms with Gasteiger partial charge in [-0.15, -0.1) is 0 Å². The zero-order valence-electron chi connectivity index (χ0n) is 15.4. The van der Waals surface area contributed by atoms with Gasteiger partial charge in [0.25, 0.3) is 5.91 Å². The van der Waals surface area contributed by atoms with Crippen molar-refractivity contribution in [2.24, 2.45) is 5.14 Å². The molecule has 1 aliphatic heterocycles. The monoisotopic (exact) mass is 436 g/mol. The van der Waals surface area contributed by atoms with E-state index < -0.39 is 44.6 Å². The van der Waals surface area contributed by atoms with E-state index in [0.29, 0.717) is 23.4 Å². The highest BCUT2D eigenvalue weighted by Gasteiger charge is 2.30. The van der Waals surface area contributed by atoms with Gasteiger partial charge in [0.1, 0.15) is 11.6 Å². The van der Waals surface area contributed by atoms with E-state index in [1.54, 1.807) is 12.1 Å². The highest BCUT2D eigenvalue weighted by molar-refractivity contribution is 7.89. The van der Waals surface area contributed by atoms with E-state index in [-0.39, 0.29) is 23.7 Å². The standard InChI is InChI=1S/C18H14F2N4O5S/c1-28-15-3-2-10-17-14(6-22-18(10)23-15)29-8-16(25)24(17)7-11-12(19)4-9(5-13(11)20)30(21,26)27/h2-6H,7-8H2,1H3,(H2,21,26,27). The van der Waals surface area contributed by atoms with Crippen molar-refractivity contribution in [2.75, 3.05) is 18.6 Å². The van der Waals surface area contributed by atoms with Crippen molar-refractivity contribution in [3.8, 4) is 11.6 Å². The van der Waals surface area contributed by atoms with Crippen molar-refractivity contribution in [2.45, 2.75) is 11.4 Å². The van der Waals surface area contributed by atoms with E-state index in [2.05, 4.69) is 9.97 Å². The number of ether oxygens (including phenoxy) is 2. The number of primary sulfonamides is 1. The van der Waals surface area contributed by atoms with Crippen LogP contribution in [0.1, 0.15) is 5.56 Å². The van der Waals surface area contributed by atoms with Crippen LogP contribution in [0.2, 0.25) is 0 Å². The Labute approximate surface area is 169 Å². The molecule has 4 rings (SSSR count). The molecule has 156 valence electrons. The molecule has 0 atom stereocenters. The van der Waals surface area contributed by atoms with Crippen LogP contribution in [-0.4, -0.2) is 38.0 Å². The molecule has 0 unspecified atom stereocenters. The van der Waals surface area contributed by atoms with E-state index >= 15 is 0 Å². The van der Waals surface area contributed by atoms with Crippen LogP contribution < -0.4 is 19.5 Å². The summed E-state index contributed by atoms with van der Waals surface area (Å²) in [5.74, 6) is -2.34. The Morgan fingerprint density at radius 3 is 2.60 bits per heavy atom. The summed E-state index contributed by atoms with van der Waals surface area (Å²) >= 11 is 0. The lowest BCUT2D eigenvalue weighted by Gasteiger charge is -2.30. The Balaban J connectivity index is 1.84. The number of benzene rings is 1. The maximum absolute atomic E-state index is 14.5. The molecule has 3 aromatic rings. The Morgan fingerprint density at radius 2 is 1.97 bits per heavy atom. The van der Waals surface area contributed by atoms with Crippen LogP contribution >= 0.6 is 0 Å². The van der Waals surface area contributed by atoms with Crippen LogP contribution in [-0.2, 0) is 21.4 Å². The number of hydrogen-bond donors (Lipinski definition) is 1. The van der Waals surface area contributed by atoms with Gasteiger partial charge in [-0.1, -0.05) is 0 Å². The highest BCUT2D eigenvalue weighted by Crippen LogP contribution is 2.39. The smallest absolute Gasteiger partial charge is 0.265 e. The number of amides is 1. The van der Waals surface area contributed by atoms with Crippen molar-refractivity contribution in [1.29, 1.82) is 0 Å². The minimum Gasteiger partial charge on any atom is -0.481 e. The number of fused-ring (bicyclic) bond motifs is 3. The fourth-order valence-electron chi connectivity index (χ4n) is 3.09. The van der Waals surface area contributed by atoms with Gasteiger partial charge in [-0.3, -0.25) is 4.79 Å². The van der Waals surface area contributed by atoms with E-state index in [4.69, 9.17) is 14.6 Å². The largest absolute Gasteiger partial charge is 0.481 e. The molecule has 0 aliphatic carbocycles. The summed E-state index contributed by atoms with van der Waals surface area (Å²) in [6.45, 7) is -0.870. The van der Waals surface area contributed by atoms with E-state index in [9.17, 15) is 22.0 Å². The first-order valence-electron chi connectivity index (χ1n) is 8.46. The van der Waals surface area contributed by atoms with Crippen LogP contribution in [0.3, 0.4) is 0 Å². The molecule has 1 aliphatic rings. The number of sulfonamides is 1. The van der Waals surface area contributed by atoms with Crippen molar-refractivity contribution >= 4 is 32.7 Å². The fourth-order valence-corrected chi connectivity index (χ4v) is 3.62. The van der Waals surface area contributed by atoms with Gasteiger partial charge in [0.05, 0.1) is 30.4 Å². The Kier molecular flexibility index (Phi) is 4.74. The lowest BCUT2D eigenvalue weighted by molar-refractivity contribution is -0.121. The fraction of sp³-hybridized carbons (Fsp3) is 0.167. The van der Waals surface area contributed by atoms with Crippen LogP contribution in [0.4, 0.5) is 14.5 Å². The first-order chi connectivity index (χ1) is 14.2. The lowest BCUT2D eigenvalue weighted by atomic mass is 10.1. The van der Waals surface area contributed by atoms with Gasteiger partial charge in [-0.05, 0) is 18.2 Å². The van der Waals surface area contributed by atoms with Crippen LogP contribution in [0.25, 0.3) is 11.0 Å².